The molecule has 1 aliphatic carbocycles. The van der Waals surface area contributed by atoms with Crippen LogP contribution in [0.15, 0.2) is 91.0 Å². The van der Waals surface area contributed by atoms with Crippen molar-refractivity contribution in [2.75, 3.05) is 6.61 Å². The third-order valence-electron chi connectivity index (χ3n) is 6.28. The molecule has 164 valence electrons. The molecule has 0 spiro atoms. The molecule has 5 nitrogen and oxygen atoms in total. The number of carbonyl (C=O) groups excluding carboxylic acids is 2. The van der Waals surface area contributed by atoms with Crippen molar-refractivity contribution < 1.29 is 14.3 Å². The summed E-state index contributed by atoms with van der Waals surface area (Å²) in [6, 6.07) is 29.2. The number of ether oxygens (including phenoxy) is 1. The lowest BCUT2D eigenvalue weighted by Gasteiger charge is -2.18. The minimum atomic E-state index is -0.869. The second-order valence-electron chi connectivity index (χ2n) is 8.27. The van der Waals surface area contributed by atoms with E-state index in [2.05, 4.69) is 29.6 Å². The lowest BCUT2D eigenvalue weighted by molar-refractivity contribution is -0.119. The van der Waals surface area contributed by atoms with E-state index < -0.39 is 18.0 Å². The highest BCUT2D eigenvalue weighted by Gasteiger charge is 2.29. The number of hydrogen-bond acceptors (Lipinski definition) is 3. The van der Waals surface area contributed by atoms with Crippen LogP contribution in [0, 0.1) is 0 Å². The summed E-state index contributed by atoms with van der Waals surface area (Å²) in [5.74, 6) is -0.648. The van der Waals surface area contributed by atoms with Gasteiger partial charge in [0.2, 0.25) is 5.91 Å². The van der Waals surface area contributed by atoms with Gasteiger partial charge >= 0.3 is 6.09 Å². The van der Waals surface area contributed by atoms with E-state index in [-0.39, 0.29) is 12.5 Å². The van der Waals surface area contributed by atoms with Crippen molar-refractivity contribution >= 4 is 22.8 Å². The summed E-state index contributed by atoms with van der Waals surface area (Å²) in [6.45, 7) is 0.180. The van der Waals surface area contributed by atoms with E-state index in [4.69, 9.17) is 10.5 Å². The summed E-state index contributed by atoms with van der Waals surface area (Å²) in [4.78, 5) is 24.8. The van der Waals surface area contributed by atoms with Crippen molar-refractivity contribution in [3.63, 3.8) is 0 Å². The molecule has 5 heteroatoms. The summed E-state index contributed by atoms with van der Waals surface area (Å²) in [5.41, 5.74) is 11.1. The number of nitrogens with one attached hydrogen (secondary N) is 1. The van der Waals surface area contributed by atoms with Crippen LogP contribution in [0.2, 0.25) is 0 Å². The summed E-state index contributed by atoms with van der Waals surface area (Å²) in [5, 5.41) is 4.76. The van der Waals surface area contributed by atoms with Gasteiger partial charge in [0.15, 0.2) is 0 Å². The van der Waals surface area contributed by atoms with E-state index in [0.29, 0.717) is 6.42 Å². The van der Waals surface area contributed by atoms with Crippen LogP contribution >= 0.6 is 0 Å². The van der Waals surface area contributed by atoms with Gasteiger partial charge in [-0.05, 0) is 38.6 Å². The van der Waals surface area contributed by atoms with Crippen LogP contribution in [0.5, 0.6) is 0 Å². The largest absolute Gasteiger partial charge is 0.449 e. The average Bonchev–Trinajstić information content (AvgIpc) is 3.16. The fourth-order valence-electron chi connectivity index (χ4n) is 4.70. The van der Waals surface area contributed by atoms with E-state index in [1.807, 2.05) is 66.7 Å². The van der Waals surface area contributed by atoms with Crippen molar-refractivity contribution in [1.29, 1.82) is 0 Å². The van der Waals surface area contributed by atoms with Crippen molar-refractivity contribution in [2.45, 2.75) is 18.4 Å². The fraction of sp³-hybridized carbons (Fsp3) is 0.143. The molecule has 1 aliphatic rings. The number of nitrogens with two attached hydrogens (primary N) is 1. The van der Waals surface area contributed by atoms with Gasteiger partial charge in [-0.1, -0.05) is 91.0 Å². The highest BCUT2D eigenvalue weighted by Crippen LogP contribution is 2.44. The quantitative estimate of drug-likeness (QED) is 0.457. The smallest absolute Gasteiger partial charge is 0.407 e. The molecule has 33 heavy (non-hydrogen) atoms. The molecule has 0 aromatic heterocycles. The number of amides is 2. The summed E-state index contributed by atoms with van der Waals surface area (Å²) < 4.78 is 5.59. The Balaban J connectivity index is 1.29. The molecule has 0 unspecified atom stereocenters. The first-order valence-corrected chi connectivity index (χ1v) is 11.0. The monoisotopic (exact) mass is 436 g/mol. The SMILES string of the molecule is NC(=O)[C@H](Cc1cccc2ccccc12)NC(=O)OCC1c2ccccc2-c2ccccc21. The number of alkyl carbamates (subject to hydrolysis) is 1. The molecular weight excluding hydrogens is 412 g/mol. The lowest BCUT2D eigenvalue weighted by Crippen LogP contribution is -2.46. The molecule has 0 fully saturated rings. The first-order chi connectivity index (χ1) is 16.1. The first kappa shape index (κ1) is 20.8. The van der Waals surface area contributed by atoms with Gasteiger partial charge in [-0.3, -0.25) is 4.79 Å². The molecule has 0 heterocycles. The predicted octanol–water partition coefficient (Wildman–Crippen LogP) is 4.77. The normalized spacial score (nSPS) is 13.2. The Kier molecular flexibility index (Phi) is 5.53. The zero-order valence-electron chi connectivity index (χ0n) is 18.0. The van der Waals surface area contributed by atoms with Crippen LogP contribution in [0.3, 0.4) is 0 Å². The maximum absolute atomic E-state index is 12.7. The Morgan fingerprint density at radius 3 is 2.12 bits per heavy atom. The molecule has 0 saturated heterocycles. The lowest BCUT2D eigenvalue weighted by atomic mass is 9.98. The molecular formula is C28H24N2O3. The van der Waals surface area contributed by atoms with Gasteiger partial charge in [-0.25, -0.2) is 4.79 Å². The first-order valence-electron chi connectivity index (χ1n) is 11.0. The molecule has 0 radical (unpaired) electrons. The van der Waals surface area contributed by atoms with Crippen molar-refractivity contribution in [1.82, 2.24) is 5.32 Å². The number of fused-ring (bicyclic) bond motifs is 4. The minimum Gasteiger partial charge on any atom is -0.449 e. The Labute approximate surface area is 192 Å². The third kappa shape index (κ3) is 4.05. The van der Waals surface area contributed by atoms with E-state index in [0.717, 1.165) is 38.6 Å². The minimum absolute atomic E-state index is 0.0479. The molecule has 3 N–H and O–H groups in total. The molecule has 2 amide bonds. The van der Waals surface area contributed by atoms with Gasteiger partial charge in [-0.2, -0.15) is 0 Å². The maximum Gasteiger partial charge on any atom is 0.407 e. The van der Waals surface area contributed by atoms with E-state index in [9.17, 15) is 9.59 Å². The third-order valence-corrected chi connectivity index (χ3v) is 6.28. The summed E-state index contributed by atoms with van der Waals surface area (Å²) in [6.07, 6.45) is -0.359. The van der Waals surface area contributed by atoms with Gasteiger partial charge in [-0.15, -0.1) is 0 Å². The van der Waals surface area contributed by atoms with Crippen LogP contribution in [-0.2, 0) is 16.0 Å². The summed E-state index contributed by atoms with van der Waals surface area (Å²) >= 11 is 0. The highest BCUT2D eigenvalue weighted by molar-refractivity contribution is 5.88. The van der Waals surface area contributed by atoms with Crippen LogP contribution in [0.4, 0.5) is 4.79 Å². The molecule has 1 atom stereocenters. The Morgan fingerprint density at radius 1 is 0.818 bits per heavy atom. The van der Waals surface area contributed by atoms with Crippen LogP contribution in [-0.4, -0.2) is 24.6 Å². The number of carbonyl (C=O) groups is 2. The summed E-state index contributed by atoms with van der Waals surface area (Å²) in [7, 11) is 0. The van der Waals surface area contributed by atoms with Crippen LogP contribution in [0.1, 0.15) is 22.6 Å². The van der Waals surface area contributed by atoms with E-state index in [1.165, 1.54) is 0 Å². The molecule has 0 aliphatic heterocycles. The molecule has 5 rings (SSSR count). The Hall–Kier alpha value is -4.12. The highest BCUT2D eigenvalue weighted by atomic mass is 16.5. The fourth-order valence-corrected chi connectivity index (χ4v) is 4.70. The topological polar surface area (TPSA) is 81.4 Å². The predicted molar refractivity (Wildman–Crippen MR) is 129 cm³/mol. The maximum atomic E-state index is 12.7. The Morgan fingerprint density at radius 2 is 1.42 bits per heavy atom. The second-order valence-corrected chi connectivity index (χ2v) is 8.27. The van der Waals surface area contributed by atoms with Crippen LogP contribution < -0.4 is 11.1 Å². The van der Waals surface area contributed by atoms with Crippen molar-refractivity contribution in [3.05, 3.63) is 108 Å². The number of benzene rings is 4. The van der Waals surface area contributed by atoms with Gasteiger partial charge < -0.3 is 15.8 Å². The molecule has 4 aromatic rings. The number of rotatable bonds is 6. The number of hydrogen-bond donors (Lipinski definition) is 2. The van der Waals surface area contributed by atoms with Gasteiger partial charge in [0.05, 0.1) is 0 Å². The van der Waals surface area contributed by atoms with Crippen molar-refractivity contribution in [2.24, 2.45) is 5.73 Å². The van der Waals surface area contributed by atoms with Gasteiger partial charge in [0.25, 0.3) is 0 Å². The zero-order valence-corrected chi connectivity index (χ0v) is 18.0. The van der Waals surface area contributed by atoms with Gasteiger partial charge in [0.1, 0.15) is 12.6 Å². The standard InChI is InChI=1S/C28H24N2O3/c29-27(31)26(16-19-10-7-9-18-8-1-2-11-20(18)19)30-28(32)33-17-25-23-14-5-3-12-21(23)22-13-4-6-15-24(22)25/h1-15,25-26H,16-17H2,(H2,29,31)(H,30,32)/t26-/m0/s1. The second kappa shape index (κ2) is 8.79. The van der Waals surface area contributed by atoms with Crippen molar-refractivity contribution in [3.8, 4) is 11.1 Å². The van der Waals surface area contributed by atoms with Gasteiger partial charge in [0, 0.05) is 12.3 Å². The molecule has 4 aromatic carbocycles. The van der Waals surface area contributed by atoms with E-state index >= 15 is 0 Å². The molecule has 0 saturated carbocycles. The van der Waals surface area contributed by atoms with E-state index in [1.54, 1.807) is 0 Å². The van der Waals surface area contributed by atoms with Crippen LogP contribution in [0.25, 0.3) is 21.9 Å². The molecule has 0 bridgehead atoms. The Bertz CT molecular complexity index is 1300. The average molecular weight is 437 g/mol. The number of primary amides is 1. The zero-order chi connectivity index (χ0) is 22.8.